The first-order chi connectivity index (χ1) is 15.4. The van der Waals surface area contributed by atoms with E-state index in [-0.39, 0.29) is 17.0 Å². The molecule has 0 aliphatic heterocycles. The fraction of sp³-hybridized carbons (Fsp3) is 0.240. The average molecular weight is 454 g/mol. The minimum Gasteiger partial charge on any atom is -0.494 e. The number of rotatable bonds is 10. The number of aryl methyl sites for hydroxylation is 1. The molecule has 0 aliphatic rings. The molecule has 3 aromatic rings. The average Bonchev–Trinajstić information content (AvgIpc) is 2.79. The van der Waals surface area contributed by atoms with Gasteiger partial charge >= 0.3 is 0 Å². The van der Waals surface area contributed by atoms with E-state index in [9.17, 15) is 13.2 Å². The fourth-order valence-corrected chi connectivity index (χ4v) is 4.65. The van der Waals surface area contributed by atoms with Crippen LogP contribution in [0.3, 0.4) is 0 Å². The summed E-state index contributed by atoms with van der Waals surface area (Å²) in [5.41, 5.74) is 1.34. The summed E-state index contributed by atoms with van der Waals surface area (Å²) in [6.45, 7) is 4.63. The maximum atomic E-state index is 13.3. The first-order valence-electron chi connectivity index (χ1n) is 10.5. The van der Waals surface area contributed by atoms with Gasteiger partial charge in [-0.1, -0.05) is 30.3 Å². The van der Waals surface area contributed by atoms with Gasteiger partial charge in [-0.3, -0.25) is 4.79 Å². The van der Waals surface area contributed by atoms with E-state index in [1.165, 1.54) is 12.1 Å². The number of nitrogens with zero attached hydrogens (tertiary/aromatic N) is 1. The van der Waals surface area contributed by atoms with E-state index in [1.54, 1.807) is 42.5 Å². The molecule has 0 N–H and O–H groups in total. The summed E-state index contributed by atoms with van der Waals surface area (Å²) < 4.78 is 38.6. The van der Waals surface area contributed by atoms with Crippen LogP contribution >= 0.6 is 0 Å². The molecule has 7 heteroatoms. The van der Waals surface area contributed by atoms with Gasteiger partial charge in [0.1, 0.15) is 11.5 Å². The van der Waals surface area contributed by atoms with E-state index in [0.29, 0.717) is 25.4 Å². The van der Waals surface area contributed by atoms with Crippen LogP contribution in [0.4, 0.5) is 5.69 Å². The summed E-state index contributed by atoms with van der Waals surface area (Å²) in [7, 11) is -4.07. The SMILES string of the molecule is CCOc1ccc(N(C(=O)CCCOc2cccc(C)c2)S(=O)(=O)c2ccccc2)cc1. The summed E-state index contributed by atoms with van der Waals surface area (Å²) in [4.78, 5) is 13.2. The topological polar surface area (TPSA) is 72.9 Å². The van der Waals surface area contributed by atoms with Crippen LogP contribution in [-0.2, 0) is 14.8 Å². The third kappa shape index (κ3) is 5.88. The molecule has 0 radical (unpaired) electrons. The fourth-order valence-electron chi connectivity index (χ4n) is 3.18. The second kappa shape index (κ2) is 10.8. The molecular weight excluding hydrogens is 426 g/mol. The number of carbonyl (C=O) groups excluding carboxylic acids is 1. The minimum absolute atomic E-state index is 0.0189. The van der Waals surface area contributed by atoms with Crippen molar-refractivity contribution < 1.29 is 22.7 Å². The lowest BCUT2D eigenvalue weighted by Gasteiger charge is -2.23. The predicted octanol–water partition coefficient (Wildman–Crippen LogP) is 4.97. The van der Waals surface area contributed by atoms with Crippen LogP contribution in [0.1, 0.15) is 25.3 Å². The van der Waals surface area contributed by atoms with Crippen molar-refractivity contribution in [2.75, 3.05) is 17.5 Å². The molecule has 0 heterocycles. The number of anilines is 1. The van der Waals surface area contributed by atoms with Crippen molar-refractivity contribution in [2.45, 2.75) is 31.6 Å². The highest BCUT2D eigenvalue weighted by atomic mass is 32.2. The Morgan fingerprint density at radius 1 is 0.875 bits per heavy atom. The van der Waals surface area contributed by atoms with Gasteiger partial charge in [-0.15, -0.1) is 0 Å². The van der Waals surface area contributed by atoms with E-state index in [2.05, 4.69) is 0 Å². The maximum absolute atomic E-state index is 13.3. The Morgan fingerprint density at radius 3 is 2.25 bits per heavy atom. The van der Waals surface area contributed by atoms with Gasteiger partial charge in [-0.2, -0.15) is 0 Å². The Hall–Kier alpha value is -3.32. The third-order valence-corrected chi connectivity index (χ3v) is 6.45. The maximum Gasteiger partial charge on any atom is 0.270 e. The number of ether oxygens (including phenoxy) is 2. The van der Waals surface area contributed by atoms with Crippen LogP contribution < -0.4 is 13.8 Å². The summed E-state index contributed by atoms with van der Waals surface area (Å²) in [5, 5.41) is 0. The van der Waals surface area contributed by atoms with Crippen LogP contribution in [0, 0.1) is 6.92 Å². The molecule has 0 aliphatic carbocycles. The van der Waals surface area contributed by atoms with Crippen molar-refractivity contribution in [3.63, 3.8) is 0 Å². The van der Waals surface area contributed by atoms with Crippen LogP contribution in [0.5, 0.6) is 11.5 Å². The van der Waals surface area contributed by atoms with Crippen molar-refractivity contribution in [1.29, 1.82) is 0 Å². The molecule has 3 aromatic carbocycles. The van der Waals surface area contributed by atoms with Crippen LogP contribution in [0.2, 0.25) is 0 Å². The largest absolute Gasteiger partial charge is 0.494 e. The smallest absolute Gasteiger partial charge is 0.270 e. The van der Waals surface area contributed by atoms with Crippen molar-refractivity contribution in [2.24, 2.45) is 0 Å². The quantitative estimate of drug-likeness (QED) is 0.405. The van der Waals surface area contributed by atoms with Gasteiger partial charge in [0.25, 0.3) is 10.0 Å². The van der Waals surface area contributed by atoms with Gasteiger partial charge in [0, 0.05) is 6.42 Å². The number of sulfonamides is 1. The Morgan fingerprint density at radius 2 is 1.59 bits per heavy atom. The van der Waals surface area contributed by atoms with Crippen LogP contribution in [0.15, 0.2) is 83.8 Å². The molecule has 0 unspecified atom stereocenters. The highest BCUT2D eigenvalue weighted by molar-refractivity contribution is 7.93. The Balaban J connectivity index is 1.77. The Kier molecular flexibility index (Phi) is 7.89. The zero-order chi connectivity index (χ0) is 23.0. The Labute approximate surface area is 189 Å². The lowest BCUT2D eigenvalue weighted by Crippen LogP contribution is -2.37. The monoisotopic (exact) mass is 453 g/mol. The number of carbonyl (C=O) groups is 1. The van der Waals surface area contributed by atoms with Gasteiger partial charge in [0.15, 0.2) is 0 Å². The van der Waals surface area contributed by atoms with E-state index in [1.807, 2.05) is 38.1 Å². The van der Waals surface area contributed by atoms with E-state index < -0.39 is 15.9 Å². The molecule has 0 aromatic heterocycles. The van der Waals surface area contributed by atoms with Crippen LogP contribution in [-0.4, -0.2) is 27.5 Å². The normalized spacial score (nSPS) is 11.1. The summed E-state index contributed by atoms with van der Waals surface area (Å²) in [6.07, 6.45) is 0.399. The zero-order valence-corrected chi connectivity index (χ0v) is 19.0. The molecule has 32 heavy (non-hydrogen) atoms. The summed E-state index contributed by atoms with van der Waals surface area (Å²) in [5.74, 6) is 0.802. The lowest BCUT2D eigenvalue weighted by atomic mass is 10.2. The Bertz CT molecular complexity index is 1130. The van der Waals surface area contributed by atoms with Crippen LogP contribution in [0.25, 0.3) is 0 Å². The van der Waals surface area contributed by atoms with Gasteiger partial charge < -0.3 is 9.47 Å². The molecule has 0 saturated heterocycles. The van der Waals surface area contributed by atoms with Crippen molar-refractivity contribution >= 4 is 21.6 Å². The van der Waals surface area contributed by atoms with Gasteiger partial charge in [-0.25, -0.2) is 12.7 Å². The van der Waals surface area contributed by atoms with Crippen molar-refractivity contribution in [1.82, 2.24) is 0 Å². The number of amides is 1. The first-order valence-corrected chi connectivity index (χ1v) is 11.9. The van der Waals surface area contributed by atoms with Gasteiger partial charge in [0.05, 0.1) is 23.8 Å². The minimum atomic E-state index is -4.07. The van der Waals surface area contributed by atoms with E-state index >= 15 is 0 Å². The third-order valence-electron chi connectivity index (χ3n) is 4.68. The van der Waals surface area contributed by atoms with Gasteiger partial charge in [0.2, 0.25) is 5.91 Å². The number of hydrogen-bond donors (Lipinski definition) is 0. The molecule has 0 bridgehead atoms. The molecule has 0 fully saturated rings. The molecule has 0 atom stereocenters. The second-order valence-electron chi connectivity index (χ2n) is 7.17. The lowest BCUT2D eigenvalue weighted by molar-refractivity contribution is -0.117. The van der Waals surface area contributed by atoms with Crippen molar-refractivity contribution in [3.8, 4) is 11.5 Å². The summed E-state index contributed by atoms with van der Waals surface area (Å²) >= 11 is 0. The molecule has 3 rings (SSSR count). The molecular formula is C25H27NO5S. The molecule has 168 valence electrons. The number of benzene rings is 3. The van der Waals surface area contributed by atoms with Crippen molar-refractivity contribution in [3.05, 3.63) is 84.4 Å². The zero-order valence-electron chi connectivity index (χ0n) is 18.2. The molecule has 0 saturated carbocycles. The molecule has 1 amide bonds. The number of hydrogen-bond acceptors (Lipinski definition) is 5. The second-order valence-corrected chi connectivity index (χ2v) is 8.96. The highest BCUT2D eigenvalue weighted by Gasteiger charge is 2.30. The van der Waals surface area contributed by atoms with E-state index in [4.69, 9.17) is 9.47 Å². The summed E-state index contributed by atoms with van der Waals surface area (Å²) in [6, 6.07) is 22.0. The van der Waals surface area contributed by atoms with E-state index in [0.717, 1.165) is 15.6 Å². The molecule has 6 nitrogen and oxygen atoms in total. The standard InChI is InChI=1S/C25H27NO5S/c1-3-30-22-16-14-21(15-17-22)26(32(28,29)24-11-5-4-6-12-24)25(27)13-8-18-31-23-10-7-9-20(2)19-23/h4-7,9-12,14-17,19H,3,8,13,18H2,1-2H3. The van der Waals surface area contributed by atoms with Gasteiger partial charge in [-0.05, 0) is 74.4 Å². The predicted molar refractivity (Wildman–Crippen MR) is 125 cm³/mol. The highest BCUT2D eigenvalue weighted by Crippen LogP contribution is 2.27. The first kappa shape index (κ1) is 23.3. The molecule has 0 spiro atoms.